The third-order valence-electron chi connectivity index (χ3n) is 3.73. The van der Waals surface area contributed by atoms with Crippen LogP contribution in [0.25, 0.3) is 0 Å². The first kappa shape index (κ1) is 16.2. The van der Waals surface area contributed by atoms with Gasteiger partial charge < -0.3 is 14.5 Å². The molecule has 0 radical (unpaired) electrons. The molecule has 3 atom stereocenters. The second-order valence-corrected chi connectivity index (χ2v) is 8.87. The van der Waals surface area contributed by atoms with Crippen molar-refractivity contribution in [3.8, 4) is 0 Å². The Hall–Kier alpha value is -0.883. The van der Waals surface area contributed by atoms with Crippen LogP contribution in [-0.4, -0.2) is 32.7 Å². The molecule has 0 aromatic heterocycles. The maximum absolute atomic E-state index is 11.9. The summed E-state index contributed by atoms with van der Waals surface area (Å²) < 4.78 is 11.3. The van der Waals surface area contributed by atoms with Crippen LogP contribution < -0.4 is 5.32 Å². The average Bonchev–Trinajstić information content (AvgIpc) is 2.11. The minimum Gasteiger partial charge on any atom is -0.441 e. The molecule has 1 rings (SSSR count). The highest BCUT2D eigenvalue weighted by atomic mass is 28.3. The van der Waals surface area contributed by atoms with Gasteiger partial charge in [-0.15, -0.1) is 0 Å². The lowest BCUT2D eigenvalue weighted by atomic mass is 9.67. The number of hydrogen-bond donors (Lipinski definition) is 1. The molecular formula is C13H25NO4Si. The molecule has 0 aliphatic carbocycles. The first-order valence-electron chi connectivity index (χ1n) is 6.64. The molecule has 0 aromatic carbocycles. The predicted molar refractivity (Wildman–Crippen MR) is 75.0 cm³/mol. The molecule has 1 fully saturated rings. The molecule has 0 bridgehead atoms. The number of ether oxygens (including phenoxy) is 1. The highest BCUT2D eigenvalue weighted by molar-refractivity contribution is 6.48. The van der Waals surface area contributed by atoms with Gasteiger partial charge in [-0.3, -0.25) is 9.59 Å². The van der Waals surface area contributed by atoms with E-state index in [9.17, 15) is 9.59 Å². The van der Waals surface area contributed by atoms with E-state index in [1.54, 1.807) is 0 Å². The lowest BCUT2D eigenvalue weighted by Gasteiger charge is -2.53. The van der Waals surface area contributed by atoms with E-state index in [0.717, 1.165) is 0 Å². The normalized spacial score (nSPS) is 26.4. The van der Waals surface area contributed by atoms with E-state index in [0.29, 0.717) is 0 Å². The van der Waals surface area contributed by atoms with Crippen molar-refractivity contribution >= 4 is 20.9 Å². The topological polar surface area (TPSA) is 64.6 Å². The van der Waals surface area contributed by atoms with Gasteiger partial charge >= 0.3 is 5.97 Å². The number of carbonyl (C=O) groups is 2. The van der Waals surface area contributed by atoms with Gasteiger partial charge in [0.05, 0.1) is 5.60 Å². The quantitative estimate of drug-likeness (QED) is 0.482. The van der Waals surface area contributed by atoms with Crippen molar-refractivity contribution in [3.05, 3.63) is 0 Å². The van der Waals surface area contributed by atoms with Gasteiger partial charge in [0.15, 0.2) is 15.3 Å². The van der Waals surface area contributed by atoms with E-state index in [2.05, 4.69) is 18.4 Å². The van der Waals surface area contributed by atoms with E-state index in [-0.39, 0.29) is 11.3 Å². The SMILES string of the molecule is CC(=O)O[C@H]1NC(=O)[C@@H]1C(C)(O[SiH](C)C)C(C)(C)C. The zero-order chi connectivity index (χ0) is 15.0. The molecule has 19 heavy (non-hydrogen) atoms. The number of hydrogen-bond acceptors (Lipinski definition) is 4. The first-order chi connectivity index (χ1) is 8.49. The lowest BCUT2D eigenvalue weighted by Crippen LogP contribution is -2.71. The maximum atomic E-state index is 11.9. The van der Waals surface area contributed by atoms with Crippen molar-refractivity contribution in [1.29, 1.82) is 0 Å². The highest BCUT2D eigenvalue weighted by Crippen LogP contribution is 2.44. The predicted octanol–water partition coefficient (Wildman–Crippen LogP) is 1.43. The Morgan fingerprint density at radius 2 is 1.79 bits per heavy atom. The van der Waals surface area contributed by atoms with Crippen LogP contribution in [0, 0.1) is 11.3 Å². The van der Waals surface area contributed by atoms with E-state index in [1.807, 2.05) is 27.7 Å². The van der Waals surface area contributed by atoms with Crippen molar-refractivity contribution in [2.24, 2.45) is 11.3 Å². The molecule has 0 saturated carbocycles. The Kier molecular flexibility index (Phi) is 4.46. The molecule has 1 aliphatic heterocycles. The van der Waals surface area contributed by atoms with Crippen LogP contribution in [-0.2, 0) is 18.8 Å². The largest absolute Gasteiger partial charge is 0.441 e. The fourth-order valence-corrected chi connectivity index (χ4v) is 3.86. The molecular weight excluding hydrogens is 262 g/mol. The molecule has 0 spiro atoms. The van der Waals surface area contributed by atoms with Crippen molar-refractivity contribution in [2.45, 2.75) is 59.5 Å². The van der Waals surface area contributed by atoms with E-state index in [1.165, 1.54) is 6.92 Å². The minimum absolute atomic E-state index is 0.113. The number of rotatable bonds is 4. The second-order valence-electron chi connectivity index (χ2n) is 6.54. The van der Waals surface area contributed by atoms with Crippen LogP contribution in [0.1, 0.15) is 34.6 Å². The fraction of sp³-hybridized carbons (Fsp3) is 0.846. The van der Waals surface area contributed by atoms with Gasteiger partial charge in [0.1, 0.15) is 5.92 Å². The van der Waals surface area contributed by atoms with Crippen LogP contribution >= 0.6 is 0 Å². The fourth-order valence-electron chi connectivity index (χ4n) is 2.38. The van der Waals surface area contributed by atoms with Crippen molar-refractivity contribution in [1.82, 2.24) is 5.32 Å². The molecule has 0 aromatic rings. The molecule has 1 amide bonds. The van der Waals surface area contributed by atoms with Crippen molar-refractivity contribution < 1.29 is 18.8 Å². The first-order valence-corrected chi connectivity index (χ1v) is 9.42. The number of esters is 1. The molecule has 110 valence electrons. The van der Waals surface area contributed by atoms with Crippen LogP contribution in [0.2, 0.25) is 13.1 Å². The van der Waals surface area contributed by atoms with Crippen molar-refractivity contribution in [3.63, 3.8) is 0 Å². The van der Waals surface area contributed by atoms with Crippen LogP contribution in [0.15, 0.2) is 0 Å². The number of β-lactam (4-membered cyclic amide) rings is 1. The van der Waals surface area contributed by atoms with Gasteiger partial charge in [0.25, 0.3) is 0 Å². The van der Waals surface area contributed by atoms with Crippen molar-refractivity contribution in [2.75, 3.05) is 0 Å². The summed E-state index contributed by atoms with van der Waals surface area (Å²) >= 11 is 0. The Morgan fingerprint density at radius 3 is 2.11 bits per heavy atom. The molecule has 1 unspecified atom stereocenters. The minimum atomic E-state index is -1.34. The summed E-state index contributed by atoms with van der Waals surface area (Å²) in [4.78, 5) is 23.0. The summed E-state index contributed by atoms with van der Waals surface area (Å²) in [5, 5.41) is 2.63. The van der Waals surface area contributed by atoms with Gasteiger partial charge in [-0.1, -0.05) is 20.8 Å². The Bertz CT molecular complexity index is 377. The summed E-state index contributed by atoms with van der Waals surface area (Å²) in [6.07, 6.45) is -0.582. The standard InChI is InChI=1S/C13H25NO4Si/c1-8(15)17-11-9(10(16)14-11)13(5,12(2,3)4)18-19(6)7/h9,11,19H,1-7H3,(H,14,16)/t9-,11+,13?/m0/s1. The van der Waals surface area contributed by atoms with Gasteiger partial charge in [0, 0.05) is 6.92 Å². The lowest BCUT2D eigenvalue weighted by molar-refractivity contribution is -0.193. The third-order valence-corrected chi connectivity index (χ3v) is 4.69. The zero-order valence-electron chi connectivity index (χ0n) is 12.9. The summed E-state index contributed by atoms with van der Waals surface area (Å²) in [5.74, 6) is -0.960. The van der Waals surface area contributed by atoms with Gasteiger partial charge in [0.2, 0.25) is 5.91 Å². The Labute approximate surface area is 116 Å². The van der Waals surface area contributed by atoms with Gasteiger partial charge in [-0.05, 0) is 25.4 Å². The van der Waals surface area contributed by atoms with E-state index in [4.69, 9.17) is 9.16 Å². The number of amides is 1. The molecule has 1 N–H and O–H groups in total. The van der Waals surface area contributed by atoms with Gasteiger partial charge in [-0.25, -0.2) is 0 Å². The molecule has 1 heterocycles. The highest BCUT2D eigenvalue weighted by Gasteiger charge is 2.58. The van der Waals surface area contributed by atoms with Gasteiger partial charge in [-0.2, -0.15) is 0 Å². The average molecular weight is 287 g/mol. The monoisotopic (exact) mass is 287 g/mol. The number of nitrogens with one attached hydrogen (secondary N) is 1. The van der Waals surface area contributed by atoms with Crippen LogP contribution in [0.4, 0.5) is 0 Å². The second kappa shape index (κ2) is 5.24. The summed E-state index contributed by atoms with van der Waals surface area (Å²) in [7, 11) is -1.34. The Balaban J connectivity index is 3.03. The summed E-state index contributed by atoms with van der Waals surface area (Å²) in [6.45, 7) is 13.6. The summed E-state index contributed by atoms with van der Waals surface area (Å²) in [6, 6.07) is 0. The molecule has 6 heteroatoms. The van der Waals surface area contributed by atoms with E-state index < -0.39 is 32.8 Å². The van der Waals surface area contributed by atoms with Crippen LogP contribution in [0.3, 0.4) is 0 Å². The number of carbonyl (C=O) groups excluding carboxylic acids is 2. The Morgan fingerprint density at radius 1 is 1.26 bits per heavy atom. The zero-order valence-corrected chi connectivity index (χ0v) is 14.0. The maximum Gasteiger partial charge on any atom is 0.304 e. The summed E-state index contributed by atoms with van der Waals surface area (Å²) in [5.41, 5.74) is -0.874. The molecule has 1 saturated heterocycles. The molecule has 1 aliphatic rings. The molecule has 5 nitrogen and oxygen atoms in total. The third kappa shape index (κ3) is 3.17. The smallest absolute Gasteiger partial charge is 0.304 e. The van der Waals surface area contributed by atoms with E-state index >= 15 is 0 Å². The van der Waals surface area contributed by atoms with Crippen LogP contribution in [0.5, 0.6) is 0 Å².